The molecule has 0 radical (unpaired) electrons. The number of hydrogen-bond donors (Lipinski definition) is 1. The van der Waals surface area contributed by atoms with Crippen LogP contribution >= 0.6 is 0 Å². The van der Waals surface area contributed by atoms with Crippen molar-refractivity contribution < 1.29 is 17.9 Å². The van der Waals surface area contributed by atoms with E-state index in [9.17, 15) is 18.0 Å². The van der Waals surface area contributed by atoms with Crippen molar-refractivity contribution in [2.45, 2.75) is 44.9 Å². The maximum absolute atomic E-state index is 13.0. The van der Waals surface area contributed by atoms with E-state index in [2.05, 4.69) is 15.3 Å². The van der Waals surface area contributed by atoms with Crippen molar-refractivity contribution in [2.24, 2.45) is 0 Å². The number of pyridine rings is 1. The van der Waals surface area contributed by atoms with E-state index in [0.29, 0.717) is 54.2 Å². The van der Waals surface area contributed by atoms with Crippen LogP contribution in [0.2, 0.25) is 0 Å². The molecule has 3 aromatic rings. The summed E-state index contributed by atoms with van der Waals surface area (Å²) in [6, 6.07) is 6.65. The van der Waals surface area contributed by atoms with Gasteiger partial charge in [0.15, 0.2) is 0 Å². The molecule has 1 N–H and O–H groups in total. The van der Waals surface area contributed by atoms with Crippen LogP contribution in [0.4, 0.5) is 19.0 Å². The summed E-state index contributed by atoms with van der Waals surface area (Å²) in [5, 5.41) is 3.77. The third kappa shape index (κ3) is 4.41. The Hall–Kier alpha value is -2.94. The van der Waals surface area contributed by atoms with E-state index in [4.69, 9.17) is 4.74 Å². The van der Waals surface area contributed by atoms with E-state index in [1.54, 1.807) is 23.8 Å². The van der Waals surface area contributed by atoms with Gasteiger partial charge < -0.3 is 14.6 Å². The fraction of sp³-hybridized carbons (Fsp3) is 0.409. The summed E-state index contributed by atoms with van der Waals surface area (Å²) in [6.07, 6.45) is -1.24. The Morgan fingerprint density at radius 1 is 1.19 bits per heavy atom. The molecule has 0 saturated carbocycles. The molecule has 9 heteroatoms. The lowest BCUT2D eigenvalue weighted by Crippen LogP contribution is -2.42. The van der Waals surface area contributed by atoms with Crippen LogP contribution in [0.5, 0.6) is 0 Å². The second-order valence-electron chi connectivity index (χ2n) is 8.06. The molecule has 0 spiro atoms. The van der Waals surface area contributed by atoms with Crippen LogP contribution in [-0.4, -0.2) is 27.7 Å². The molecule has 3 heterocycles. The quantitative estimate of drug-likeness (QED) is 0.667. The average Bonchev–Trinajstić information content (AvgIpc) is 2.71. The third-order valence-electron chi connectivity index (χ3n) is 5.71. The normalized spacial score (nSPS) is 16.4. The highest BCUT2D eigenvalue weighted by atomic mass is 19.4. The van der Waals surface area contributed by atoms with Crippen LogP contribution in [0, 0.1) is 6.92 Å². The van der Waals surface area contributed by atoms with Crippen molar-refractivity contribution in [3.05, 3.63) is 63.8 Å². The fourth-order valence-electron chi connectivity index (χ4n) is 3.87. The minimum Gasteiger partial charge on any atom is -0.381 e. The maximum Gasteiger partial charge on any atom is 0.416 e. The Balaban J connectivity index is 1.71. The van der Waals surface area contributed by atoms with Gasteiger partial charge in [-0.2, -0.15) is 13.2 Å². The molecule has 0 amide bonds. The molecule has 0 aliphatic carbocycles. The minimum atomic E-state index is -4.40. The van der Waals surface area contributed by atoms with Crippen LogP contribution in [0.1, 0.15) is 36.7 Å². The molecule has 2 aromatic heterocycles. The first-order chi connectivity index (χ1) is 14.7. The van der Waals surface area contributed by atoms with E-state index < -0.39 is 11.7 Å². The number of alkyl halides is 3. The summed E-state index contributed by atoms with van der Waals surface area (Å²) in [4.78, 5) is 21.6. The molecule has 4 rings (SSSR count). The number of benzene rings is 1. The van der Waals surface area contributed by atoms with E-state index in [1.807, 2.05) is 6.92 Å². The summed E-state index contributed by atoms with van der Waals surface area (Å²) in [5.74, 6) is 0.942. The summed E-state index contributed by atoms with van der Waals surface area (Å²) in [5.41, 5.74) is -0.261. The van der Waals surface area contributed by atoms with Crippen LogP contribution in [0.3, 0.4) is 0 Å². The lowest BCUT2D eigenvalue weighted by atomic mass is 9.92. The number of aryl methyl sites for hydroxylation is 1. The predicted molar refractivity (Wildman–Crippen MR) is 111 cm³/mol. The van der Waals surface area contributed by atoms with Crippen LogP contribution < -0.4 is 10.9 Å². The van der Waals surface area contributed by atoms with Crippen molar-refractivity contribution in [1.82, 2.24) is 14.5 Å². The Bertz CT molecular complexity index is 1170. The second-order valence-corrected chi connectivity index (χ2v) is 8.06. The molecule has 0 atom stereocenters. The average molecular weight is 432 g/mol. The zero-order valence-electron chi connectivity index (χ0n) is 17.3. The molecule has 31 heavy (non-hydrogen) atoms. The molecule has 1 aromatic carbocycles. The van der Waals surface area contributed by atoms with Crippen molar-refractivity contribution in [1.29, 1.82) is 0 Å². The zero-order chi connectivity index (χ0) is 22.2. The summed E-state index contributed by atoms with van der Waals surface area (Å²) >= 11 is 0. The largest absolute Gasteiger partial charge is 0.416 e. The van der Waals surface area contributed by atoms with Crippen LogP contribution in [0.15, 0.2) is 41.3 Å². The minimum absolute atomic E-state index is 0.152. The van der Waals surface area contributed by atoms with Crippen LogP contribution in [-0.2, 0) is 23.0 Å². The Labute approximate surface area is 177 Å². The van der Waals surface area contributed by atoms with Gasteiger partial charge in [-0.05, 0) is 44.4 Å². The van der Waals surface area contributed by atoms with Gasteiger partial charge in [0, 0.05) is 37.6 Å². The van der Waals surface area contributed by atoms with Crippen LogP contribution in [0.25, 0.3) is 10.9 Å². The van der Waals surface area contributed by atoms with Gasteiger partial charge >= 0.3 is 6.18 Å². The molecule has 1 aliphatic heterocycles. The fourth-order valence-corrected chi connectivity index (χ4v) is 3.87. The van der Waals surface area contributed by atoms with E-state index in [1.165, 1.54) is 12.1 Å². The maximum atomic E-state index is 13.0. The summed E-state index contributed by atoms with van der Waals surface area (Å²) < 4.78 is 46.2. The van der Waals surface area contributed by atoms with Gasteiger partial charge in [0.25, 0.3) is 5.56 Å². The lowest BCUT2D eigenvalue weighted by Gasteiger charge is -2.35. The van der Waals surface area contributed by atoms with Gasteiger partial charge in [-0.15, -0.1) is 0 Å². The zero-order valence-corrected chi connectivity index (χ0v) is 17.3. The number of rotatable bonds is 4. The number of ether oxygens (including phenoxy) is 1. The molecular weight excluding hydrogens is 409 g/mol. The summed E-state index contributed by atoms with van der Waals surface area (Å²) in [7, 11) is 0. The standard InChI is InChI=1S/C22H23F3N4O2/c1-14-27-18-11-19(30)29(21(2)6-8-31-9-7-21)13-17(18)20(28-14)26-12-15-4-3-5-16(10-15)22(23,24)25/h3-5,10-11,13H,6-9,12H2,1-2H3,(H,26,27,28). The molecule has 0 unspecified atom stereocenters. The highest BCUT2D eigenvalue weighted by Gasteiger charge is 2.31. The highest BCUT2D eigenvalue weighted by Crippen LogP contribution is 2.31. The Morgan fingerprint density at radius 2 is 1.94 bits per heavy atom. The van der Waals surface area contributed by atoms with Crippen molar-refractivity contribution >= 4 is 16.7 Å². The second kappa shape index (κ2) is 7.96. The number of halogens is 3. The molecular formula is C22H23F3N4O2. The van der Waals surface area contributed by atoms with E-state index in [0.717, 1.165) is 12.1 Å². The van der Waals surface area contributed by atoms with E-state index in [-0.39, 0.29) is 17.6 Å². The predicted octanol–water partition coefficient (Wildman–Crippen LogP) is 4.26. The smallest absolute Gasteiger partial charge is 0.381 e. The molecule has 1 aliphatic rings. The number of aromatic nitrogens is 3. The lowest BCUT2D eigenvalue weighted by molar-refractivity contribution is -0.137. The topological polar surface area (TPSA) is 69.0 Å². The van der Waals surface area contributed by atoms with Gasteiger partial charge in [0.2, 0.25) is 0 Å². The number of nitrogens with zero attached hydrogens (tertiary/aromatic N) is 3. The molecule has 6 nitrogen and oxygen atoms in total. The first-order valence-electron chi connectivity index (χ1n) is 10.0. The Morgan fingerprint density at radius 3 is 2.65 bits per heavy atom. The van der Waals surface area contributed by atoms with Crippen molar-refractivity contribution in [3.63, 3.8) is 0 Å². The first kappa shape index (κ1) is 21.3. The molecule has 164 valence electrons. The van der Waals surface area contributed by atoms with Gasteiger partial charge in [-0.1, -0.05) is 12.1 Å². The molecule has 1 fully saturated rings. The van der Waals surface area contributed by atoms with Gasteiger partial charge in [-0.3, -0.25) is 4.79 Å². The number of hydrogen-bond acceptors (Lipinski definition) is 5. The molecule has 1 saturated heterocycles. The summed E-state index contributed by atoms with van der Waals surface area (Å²) in [6.45, 7) is 5.03. The monoisotopic (exact) mass is 432 g/mol. The Kier molecular flexibility index (Phi) is 5.47. The molecule has 0 bridgehead atoms. The SMILES string of the molecule is Cc1nc(NCc2cccc(C(F)(F)F)c2)c2cn(C3(C)CCOCC3)c(=O)cc2n1. The third-order valence-corrected chi connectivity index (χ3v) is 5.71. The van der Waals surface area contributed by atoms with Gasteiger partial charge in [0.05, 0.1) is 16.5 Å². The van der Waals surface area contributed by atoms with Crippen molar-refractivity contribution in [3.8, 4) is 0 Å². The number of anilines is 1. The first-order valence-corrected chi connectivity index (χ1v) is 10.0. The van der Waals surface area contributed by atoms with Gasteiger partial charge in [0.1, 0.15) is 11.6 Å². The van der Waals surface area contributed by atoms with Crippen molar-refractivity contribution in [2.75, 3.05) is 18.5 Å². The number of fused-ring (bicyclic) bond motifs is 1. The van der Waals surface area contributed by atoms with Gasteiger partial charge in [-0.25, -0.2) is 9.97 Å². The number of nitrogens with one attached hydrogen (secondary N) is 1. The highest BCUT2D eigenvalue weighted by molar-refractivity contribution is 5.88. The van der Waals surface area contributed by atoms with E-state index >= 15 is 0 Å².